The molecule has 0 heterocycles. The minimum absolute atomic E-state index is 0.103. The predicted octanol–water partition coefficient (Wildman–Crippen LogP) is 4.85. The van der Waals surface area contributed by atoms with Crippen LogP contribution in [-0.2, 0) is 9.36 Å². The molecular formula is C27H41O6P. The molecule has 34 heavy (non-hydrogen) atoms. The summed E-state index contributed by atoms with van der Waals surface area (Å²) >= 11 is 0. The van der Waals surface area contributed by atoms with Gasteiger partial charge < -0.3 is 20.0 Å². The molecule has 0 amide bonds. The van der Waals surface area contributed by atoms with Crippen LogP contribution in [0, 0.1) is 23.2 Å². The third kappa shape index (κ3) is 5.74. The summed E-state index contributed by atoms with van der Waals surface area (Å²) in [7, 11) is -4.45. The Bertz CT molecular complexity index is 927. The van der Waals surface area contributed by atoms with E-state index in [1.807, 2.05) is 12.2 Å². The summed E-state index contributed by atoms with van der Waals surface area (Å²) < 4.78 is 11.6. The van der Waals surface area contributed by atoms with Gasteiger partial charge >= 0.3 is 7.60 Å². The molecule has 0 aliphatic heterocycles. The molecule has 0 aromatic heterocycles. The Balaban J connectivity index is 1.75. The minimum atomic E-state index is -4.45. The molecule has 0 aromatic rings. The molecule has 0 aromatic carbocycles. The number of aliphatic hydroxyl groups excluding tert-OH is 2. The van der Waals surface area contributed by atoms with E-state index in [2.05, 4.69) is 26.5 Å². The number of fused-ring (bicyclic) bond motifs is 1. The fourth-order valence-corrected chi connectivity index (χ4v) is 7.60. The van der Waals surface area contributed by atoms with Crippen LogP contribution >= 0.6 is 7.60 Å². The monoisotopic (exact) mass is 492 g/mol. The predicted molar refractivity (Wildman–Crippen MR) is 134 cm³/mol. The maximum absolute atomic E-state index is 12.4. The van der Waals surface area contributed by atoms with E-state index < -0.39 is 31.2 Å². The van der Waals surface area contributed by atoms with Gasteiger partial charge in [0.25, 0.3) is 0 Å². The van der Waals surface area contributed by atoms with Crippen LogP contribution < -0.4 is 0 Å². The Hall–Kier alpha value is -1.30. The first kappa shape index (κ1) is 27.3. The quantitative estimate of drug-likeness (QED) is 0.298. The van der Waals surface area contributed by atoms with Crippen molar-refractivity contribution < 1.29 is 29.4 Å². The molecule has 3 saturated carbocycles. The van der Waals surface area contributed by atoms with Gasteiger partial charge in [-0.05, 0) is 85.3 Å². The first-order valence-electron chi connectivity index (χ1n) is 12.6. The van der Waals surface area contributed by atoms with E-state index in [0.29, 0.717) is 30.3 Å². The minimum Gasteiger partial charge on any atom is -0.393 e. The average molecular weight is 493 g/mol. The van der Waals surface area contributed by atoms with Gasteiger partial charge in [-0.25, -0.2) is 0 Å². The molecule has 4 N–H and O–H groups in total. The summed E-state index contributed by atoms with van der Waals surface area (Å²) in [5, 5.41) is 20.2. The highest BCUT2D eigenvalue weighted by Crippen LogP contribution is 2.59. The summed E-state index contributed by atoms with van der Waals surface area (Å²) in [6.07, 6.45) is 12.6. The van der Waals surface area contributed by atoms with Crippen molar-refractivity contribution >= 4 is 13.4 Å². The largest absolute Gasteiger partial charge is 0.393 e. The van der Waals surface area contributed by atoms with Gasteiger partial charge in [0.2, 0.25) is 0 Å². The second-order valence-electron chi connectivity index (χ2n) is 10.8. The Labute approximate surface area is 203 Å². The third-order valence-corrected chi connectivity index (χ3v) is 10.1. The second kappa shape index (κ2) is 10.8. The Morgan fingerprint density at radius 2 is 1.97 bits per heavy atom. The molecule has 190 valence electrons. The van der Waals surface area contributed by atoms with Gasteiger partial charge in [0.1, 0.15) is 5.66 Å². The Morgan fingerprint density at radius 3 is 2.62 bits per heavy atom. The maximum Gasteiger partial charge on any atom is 0.336 e. The molecule has 0 bridgehead atoms. The van der Waals surface area contributed by atoms with Crippen LogP contribution in [0.3, 0.4) is 0 Å². The van der Waals surface area contributed by atoms with Crippen LogP contribution in [0.5, 0.6) is 0 Å². The van der Waals surface area contributed by atoms with Crippen molar-refractivity contribution in [2.24, 2.45) is 23.2 Å². The standard InChI is InChI=1S/C27H41O6P/c1-5-26(34(31,32)33)24(29)13-8-17(2)22-11-12-23-19(7-6-14-27(22,23)4)9-10-20-15-21(28)16-25(30)18(20)3/h8-10,13,17,21-23,25-26,28,30H,3,5-7,11-12,14-16H2,1-2,4H3,(H2,31,32,33)/b13-8+,19-9+,20-10-/t17-,21-,22-,23?,25+,26-,27-/m1/s1. The van der Waals surface area contributed by atoms with E-state index in [9.17, 15) is 29.4 Å². The fourth-order valence-electron chi connectivity index (χ4n) is 6.70. The molecule has 3 fully saturated rings. The number of hydrogen-bond donors (Lipinski definition) is 4. The lowest BCUT2D eigenvalue weighted by Crippen LogP contribution is -2.35. The topological polar surface area (TPSA) is 115 Å². The van der Waals surface area contributed by atoms with Gasteiger partial charge in [0.15, 0.2) is 5.78 Å². The number of hydrogen-bond acceptors (Lipinski definition) is 4. The summed E-state index contributed by atoms with van der Waals surface area (Å²) in [4.78, 5) is 31.3. The molecule has 0 spiro atoms. The average Bonchev–Trinajstić information content (AvgIpc) is 3.10. The highest BCUT2D eigenvalue weighted by molar-refractivity contribution is 7.53. The highest BCUT2D eigenvalue weighted by atomic mass is 31.2. The third-order valence-electron chi connectivity index (χ3n) is 8.62. The normalized spacial score (nSPS) is 36.7. The molecule has 7 atom stereocenters. The van der Waals surface area contributed by atoms with Crippen molar-refractivity contribution in [2.75, 3.05) is 0 Å². The molecule has 3 aliphatic carbocycles. The Morgan fingerprint density at radius 1 is 1.26 bits per heavy atom. The van der Waals surface area contributed by atoms with E-state index in [4.69, 9.17) is 0 Å². The van der Waals surface area contributed by atoms with Crippen LogP contribution in [0.15, 0.2) is 47.6 Å². The zero-order valence-corrected chi connectivity index (χ0v) is 21.6. The van der Waals surface area contributed by atoms with E-state index in [1.165, 1.54) is 11.6 Å². The van der Waals surface area contributed by atoms with E-state index >= 15 is 0 Å². The van der Waals surface area contributed by atoms with Crippen LogP contribution in [0.4, 0.5) is 0 Å². The van der Waals surface area contributed by atoms with E-state index in [-0.39, 0.29) is 17.8 Å². The van der Waals surface area contributed by atoms with Crippen molar-refractivity contribution in [3.63, 3.8) is 0 Å². The van der Waals surface area contributed by atoms with Crippen molar-refractivity contribution in [1.29, 1.82) is 0 Å². The maximum atomic E-state index is 12.4. The van der Waals surface area contributed by atoms with Crippen molar-refractivity contribution in [2.45, 2.75) is 90.0 Å². The van der Waals surface area contributed by atoms with Gasteiger partial charge in [-0.2, -0.15) is 0 Å². The number of carbonyl (C=O) groups is 1. The summed E-state index contributed by atoms with van der Waals surface area (Å²) in [6.45, 7) is 10.1. The molecule has 1 unspecified atom stereocenters. The SMILES string of the molecule is C=C1/C(=C\C=C2/CCC[C@@]3(C)C2CC[C@@H]3[C@H](C)/C=C/C(=O)[C@@H](CC)P(=O)(O)O)C[C@@H](O)C[C@@H]1O. The number of ketones is 1. The van der Waals surface area contributed by atoms with Crippen molar-refractivity contribution in [1.82, 2.24) is 0 Å². The molecular weight excluding hydrogens is 451 g/mol. The first-order valence-corrected chi connectivity index (χ1v) is 14.3. The highest BCUT2D eigenvalue weighted by Gasteiger charge is 2.50. The molecule has 0 saturated heterocycles. The molecule has 3 rings (SSSR count). The summed E-state index contributed by atoms with van der Waals surface area (Å²) in [6, 6.07) is 0. The van der Waals surface area contributed by atoms with E-state index in [0.717, 1.165) is 37.7 Å². The zero-order valence-electron chi connectivity index (χ0n) is 20.7. The van der Waals surface area contributed by atoms with Crippen molar-refractivity contribution in [3.8, 4) is 0 Å². The van der Waals surface area contributed by atoms with Gasteiger partial charge in [0.05, 0.1) is 12.2 Å². The Kier molecular flexibility index (Phi) is 8.63. The fraction of sp³-hybridized carbons (Fsp3) is 0.667. The molecule has 3 aliphatic rings. The van der Waals surface area contributed by atoms with E-state index in [1.54, 1.807) is 6.92 Å². The number of rotatable bonds is 7. The lowest BCUT2D eigenvalue weighted by atomic mass is 9.61. The van der Waals surface area contributed by atoms with Crippen LogP contribution in [0.25, 0.3) is 0 Å². The second-order valence-corrected chi connectivity index (χ2v) is 12.6. The van der Waals surface area contributed by atoms with Crippen LogP contribution in [0.2, 0.25) is 0 Å². The number of allylic oxidation sites excluding steroid dienone is 5. The van der Waals surface area contributed by atoms with Gasteiger partial charge in [-0.3, -0.25) is 9.36 Å². The van der Waals surface area contributed by atoms with Crippen molar-refractivity contribution in [3.05, 3.63) is 47.6 Å². The molecule has 0 radical (unpaired) electrons. The van der Waals surface area contributed by atoms with Gasteiger partial charge in [0, 0.05) is 6.42 Å². The number of carbonyl (C=O) groups excluding carboxylic acids is 1. The zero-order chi connectivity index (χ0) is 25.3. The van der Waals surface area contributed by atoms with Gasteiger partial charge in [-0.15, -0.1) is 0 Å². The van der Waals surface area contributed by atoms with Crippen LogP contribution in [-0.4, -0.2) is 43.7 Å². The van der Waals surface area contributed by atoms with Crippen LogP contribution in [0.1, 0.15) is 72.1 Å². The van der Waals surface area contributed by atoms with Gasteiger partial charge in [-0.1, -0.05) is 51.2 Å². The summed E-state index contributed by atoms with van der Waals surface area (Å²) in [5.41, 5.74) is 1.88. The lowest BCUT2D eigenvalue weighted by Gasteiger charge is -2.44. The smallest absolute Gasteiger partial charge is 0.336 e. The summed E-state index contributed by atoms with van der Waals surface area (Å²) in [5.74, 6) is 0.478. The molecule has 7 heteroatoms. The first-order chi connectivity index (χ1) is 15.9. The number of aliphatic hydroxyl groups is 2. The molecule has 6 nitrogen and oxygen atoms in total. The lowest BCUT2D eigenvalue weighted by molar-refractivity contribution is -0.114.